The summed E-state index contributed by atoms with van der Waals surface area (Å²) in [4.78, 5) is 21.1. The standard InChI is InChI=1S/C11H15O3P/c1-11(2,3)10(12)8-6-4-5-7-9(8)15(13)14/h4-7,15H,1-3H3,(H,13,14). The van der Waals surface area contributed by atoms with E-state index in [-0.39, 0.29) is 11.1 Å². The molecule has 3 nitrogen and oxygen atoms in total. The number of carbonyl (C=O) groups is 1. The molecule has 0 aromatic heterocycles. The van der Waals surface area contributed by atoms with Crippen LogP contribution in [0.5, 0.6) is 0 Å². The Morgan fingerprint density at radius 1 is 1.27 bits per heavy atom. The quantitative estimate of drug-likeness (QED) is 0.620. The SMILES string of the molecule is CC(C)(C)C(=O)c1ccccc1[PH](=O)O. The van der Waals surface area contributed by atoms with Gasteiger partial charge in [-0.1, -0.05) is 39.0 Å². The summed E-state index contributed by atoms with van der Waals surface area (Å²) >= 11 is 0. The molecule has 1 aromatic carbocycles. The van der Waals surface area contributed by atoms with Crippen LogP contribution in [-0.4, -0.2) is 10.7 Å². The molecule has 1 unspecified atom stereocenters. The maximum Gasteiger partial charge on any atom is 0.218 e. The van der Waals surface area contributed by atoms with Crippen molar-refractivity contribution in [3.05, 3.63) is 29.8 Å². The zero-order valence-electron chi connectivity index (χ0n) is 9.07. The van der Waals surface area contributed by atoms with E-state index in [4.69, 9.17) is 4.89 Å². The van der Waals surface area contributed by atoms with Crippen molar-refractivity contribution in [2.45, 2.75) is 20.8 Å². The zero-order valence-corrected chi connectivity index (χ0v) is 10.1. The molecule has 0 aliphatic heterocycles. The van der Waals surface area contributed by atoms with Gasteiger partial charge in [0.2, 0.25) is 8.03 Å². The third kappa shape index (κ3) is 2.77. The summed E-state index contributed by atoms with van der Waals surface area (Å²) in [6.45, 7) is 5.38. The molecule has 1 N–H and O–H groups in total. The Morgan fingerprint density at radius 3 is 2.27 bits per heavy atom. The molecule has 1 atom stereocenters. The highest BCUT2D eigenvalue weighted by Gasteiger charge is 2.25. The van der Waals surface area contributed by atoms with Gasteiger partial charge in [-0.05, 0) is 6.07 Å². The van der Waals surface area contributed by atoms with Gasteiger partial charge in [0.05, 0.1) is 0 Å². The summed E-state index contributed by atoms with van der Waals surface area (Å²) in [5.41, 5.74) is -0.177. The summed E-state index contributed by atoms with van der Waals surface area (Å²) in [6, 6.07) is 6.49. The normalized spacial score (nSPS) is 13.6. The summed E-state index contributed by atoms with van der Waals surface area (Å²) in [7, 11) is -2.82. The number of hydrogen-bond acceptors (Lipinski definition) is 2. The lowest BCUT2D eigenvalue weighted by Gasteiger charge is -2.18. The molecule has 0 saturated carbocycles. The smallest absolute Gasteiger partial charge is 0.218 e. The fourth-order valence-electron chi connectivity index (χ4n) is 1.27. The predicted molar refractivity (Wildman–Crippen MR) is 61.1 cm³/mol. The molecule has 4 heteroatoms. The first-order valence-electron chi connectivity index (χ1n) is 4.71. The van der Waals surface area contributed by atoms with E-state index in [0.717, 1.165) is 0 Å². The van der Waals surface area contributed by atoms with Crippen LogP contribution in [0.25, 0.3) is 0 Å². The highest BCUT2D eigenvalue weighted by atomic mass is 31.1. The summed E-state index contributed by atoms with van der Waals surface area (Å²) in [5, 5.41) is 0.252. The predicted octanol–water partition coefficient (Wildman–Crippen LogP) is 2.01. The fraction of sp³-hybridized carbons (Fsp3) is 0.364. The molecule has 0 heterocycles. The van der Waals surface area contributed by atoms with Gasteiger partial charge in [0.1, 0.15) is 0 Å². The average molecular weight is 226 g/mol. The van der Waals surface area contributed by atoms with Crippen LogP contribution < -0.4 is 5.30 Å². The van der Waals surface area contributed by atoms with Gasteiger partial charge in [0.15, 0.2) is 5.78 Å². The first-order chi connectivity index (χ1) is 6.84. The van der Waals surface area contributed by atoms with Crippen molar-refractivity contribution in [1.82, 2.24) is 0 Å². The van der Waals surface area contributed by atoms with E-state index in [1.807, 2.05) is 0 Å². The van der Waals surface area contributed by atoms with E-state index in [9.17, 15) is 9.36 Å². The Kier molecular flexibility index (Phi) is 3.48. The summed E-state index contributed by atoms with van der Waals surface area (Å²) in [6.07, 6.45) is 0. The third-order valence-electron chi connectivity index (χ3n) is 2.08. The van der Waals surface area contributed by atoms with E-state index in [1.165, 1.54) is 6.07 Å². The molecule has 0 amide bonds. The fourth-order valence-corrected chi connectivity index (χ4v) is 1.94. The number of carbonyl (C=O) groups excluding carboxylic acids is 1. The molecule has 1 aromatic rings. The number of ketones is 1. The second-order valence-electron chi connectivity index (χ2n) is 4.43. The molecule has 0 spiro atoms. The van der Waals surface area contributed by atoms with Crippen LogP contribution in [0, 0.1) is 5.41 Å². The number of hydrogen-bond donors (Lipinski definition) is 1. The molecule has 0 saturated heterocycles. The van der Waals surface area contributed by atoms with Gasteiger partial charge in [0.25, 0.3) is 0 Å². The van der Waals surface area contributed by atoms with E-state index in [1.54, 1.807) is 39.0 Å². The minimum absolute atomic E-state index is 0.106. The number of benzene rings is 1. The lowest BCUT2D eigenvalue weighted by atomic mass is 9.86. The minimum atomic E-state index is -2.82. The molecular formula is C11H15O3P. The van der Waals surface area contributed by atoms with Crippen molar-refractivity contribution in [2.75, 3.05) is 0 Å². The van der Waals surface area contributed by atoms with Crippen LogP contribution in [0.3, 0.4) is 0 Å². The van der Waals surface area contributed by atoms with Crippen molar-refractivity contribution in [1.29, 1.82) is 0 Å². The van der Waals surface area contributed by atoms with Gasteiger partial charge in [-0.2, -0.15) is 0 Å². The molecule has 1 rings (SSSR count). The Labute approximate surface area is 90.0 Å². The van der Waals surface area contributed by atoms with Crippen molar-refractivity contribution >= 4 is 19.1 Å². The molecule has 0 aliphatic rings. The monoisotopic (exact) mass is 226 g/mol. The molecule has 0 radical (unpaired) electrons. The molecule has 0 bridgehead atoms. The largest absolute Gasteiger partial charge is 0.343 e. The maximum atomic E-state index is 12.0. The van der Waals surface area contributed by atoms with Gasteiger partial charge in [0, 0.05) is 16.3 Å². The second kappa shape index (κ2) is 4.30. The second-order valence-corrected chi connectivity index (χ2v) is 5.58. The van der Waals surface area contributed by atoms with E-state index in [2.05, 4.69) is 0 Å². The minimum Gasteiger partial charge on any atom is -0.343 e. The lowest BCUT2D eigenvalue weighted by Crippen LogP contribution is -2.24. The van der Waals surface area contributed by atoms with Crippen molar-refractivity contribution in [3.63, 3.8) is 0 Å². The topological polar surface area (TPSA) is 54.4 Å². The van der Waals surface area contributed by atoms with Gasteiger partial charge >= 0.3 is 0 Å². The van der Waals surface area contributed by atoms with E-state index in [0.29, 0.717) is 5.56 Å². The van der Waals surface area contributed by atoms with Crippen LogP contribution in [0.1, 0.15) is 31.1 Å². The van der Waals surface area contributed by atoms with Crippen molar-refractivity contribution in [3.8, 4) is 0 Å². The third-order valence-corrected chi connectivity index (χ3v) is 2.98. The van der Waals surface area contributed by atoms with E-state index >= 15 is 0 Å². The van der Waals surface area contributed by atoms with Crippen LogP contribution in [0.15, 0.2) is 24.3 Å². The van der Waals surface area contributed by atoms with Crippen LogP contribution in [0.4, 0.5) is 0 Å². The Bertz CT molecular complexity index is 405. The molecule has 15 heavy (non-hydrogen) atoms. The van der Waals surface area contributed by atoms with Crippen LogP contribution >= 0.6 is 8.03 Å². The van der Waals surface area contributed by atoms with Gasteiger partial charge in [-0.3, -0.25) is 9.36 Å². The highest BCUT2D eigenvalue weighted by Crippen LogP contribution is 2.24. The Morgan fingerprint density at radius 2 is 1.80 bits per heavy atom. The first-order valence-corrected chi connectivity index (χ1v) is 6.06. The Hall–Kier alpha value is -0.920. The summed E-state index contributed by atoms with van der Waals surface area (Å²) in [5.74, 6) is -0.106. The average Bonchev–Trinajstić information content (AvgIpc) is 2.15. The summed E-state index contributed by atoms with van der Waals surface area (Å²) < 4.78 is 11.1. The molecular weight excluding hydrogens is 211 g/mol. The Balaban J connectivity index is 3.26. The highest BCUT2D eigenvalue weighted by molar-refractivity contribution is 7.47. The van der Waals surface area contributed by atoms with Gasteiger partial charge in [-0.15, -0.1) is 0 Å². The molecule has 0 aliphatic carbocycles. The molecule has 0 fully saturated rings. The maximum absolute atomic E-state index is 12.0. The van der Waals surface area contributed by atoms with Crippen LogP contribution in [0.2, 0.25) is 0 Å². The zero-order chi connectivity index (χ0) is 11.6. The molecule has 82 valence electrons. The first kappa shape index (κ1) is 12.2. The number of Topliss-reactive ketones (excluding diaryl/α,β-unsaturated/α-hetero) is 1. The van der Waals surface area contributed by atoms with E-state index < -0.39 is 13.4 Å². The lowest BCUT2D eigenvalue weighted by molar-refractivity contribution is 0.0859. The van der Waals surface area contributed by atoms with Gasteiger partial charge < -0.3 is 4.89 Å². The van der Waals surface area contributed by atoms with Crippen molar-refractivity contribution in [2.24, 2.45) is 5.41 Å². The van der Waals surface area contributed by atoms with Gasteiger partial charge in [-0.25, -0.2) is 0 Å². The van der Waals surface area contributed by atoms with Crippen LogP contribution in [-0.2, 0) is 4.57 Å². The van der Waals surface area contributed by atoms with Crippen molar-refractivity contribution < 1.29 is 14.3 Å². The number of rotatable bonds is 2.